The Bertz CT molecular complexity index is 561. The lowest BCUT2D eigenvalue weighted by atomic mass is 9.96. The van der Waals surface area contributed by atoms with Crippen molar-refractivity contribution in [2.75, 3.05) is 11.4 Å². The predicted octanol–water partition coefficient (Wildman–Crippen LogP) is 3.13. The molecule has 3 rings (SSSR count). The number of anilines is 1. The number of rotatable bonds is 3. The second-order valence-electron chi connectivity index (χ2n) is 5.10. The molecular weight excluding hydrogens is 272 g/mol. The highest BCUT2D eigenvalue weighted by atomic mass is 35.5. The van der Waals surface area contributed by atoms with Gasteiger partial charge < -0.3 is 4.90 Å². The van der Waals surface area contributed by atoms with Crippen molar-refractivity contribution >= 4 is 17.4 Å². The first-order valence-electron chi connectivity index (χ1n) is 6.96. The largest absolute Gasteiger partial charge is 0.353 e. The summed E-state index contributed by atoms with van der Waals surface area (Å²) < 4.78 is 0. The van der Waals surface area contributed by atoms with E-state index in [9.17, 15) is 0 Å². The zero-order valence-electron chi connectivity index (χ0n) is 11.2. The number of hydrogen-bond donors (Lipinski definition) is 0. The Labute approximate surface area is 123 Å². The van der Waals surface area contributed by atoms with Crippen LogP contribution in [0.25, 0.3) is 0 Å². The fourth-order valence-corrected chi connectivity index (χ4v) is 2.93. The average molecular weight is 289 g/mol. The Balaban J connectivity index is 1.80. The van der Waals surface area contributed by atoms with E-state index in [0.29, 0.717) is 11.2 Å². The minimum atomic E-state index is 0.470. The highest BCUT2D eigenvalue weighted by Gasteiger charge is 2.24. The summed E-state index contributed by atoms with van der Waals surface area (Å²) in [6.07, 6.45) is 9.91. The maximum absolute atomic E-state index is 5.99. The molecule has 3 heterocycles. The van der Waals surface area contributed by atoms with Gasteiger partial charge in [-0.3, -0.25) is 4.98 Å². The summed E-state index contributed by atoms with van der Waals surface area (Å²) in [6.45, 7) is 1.03. The standard InChI is InChI=1S/C15H17ClN4/c16-14-10-15(19-11-18-14)20-8-2-1-3-13(20)9-12-4-6-17-7-5-12/h4-7,10-11,13H,1-3,8-9H2/t13-/m0/s1. The molecular formula is C15H17ClN4. The van der Waals surface area contributed by atoms with Gasteiger partial charge in [-0.25, -0.2) is 9.97 Å². The molecule has 0 N–H and O–H groups in total. The number of aromatic nitrogens is 3. The van der Waals surface area contributed by atoms with Crippen molar-refractivity contribution in [1.82, 2.24) is 15.0 Å². The van der Waals surface area contributed by atoms with Gasteiger partial charge in [0.05, 0.1) is 0 Å². The summed E-state index contributed by atoms with van der Waals surface area (Å²) in [5.74, 6) is 0.934. The van der Waals surface area contributed by atoms with Crippen molar-refractivity contribution < 1.29 is 0 Å². The van der Waals surface area contributed by atoms with Gasteiger partial charge in [0.15, 0.2) is 0 Å². The van der Waals surface area contributed by atoms with Crippen LogP contribution in [0, 0.1) is 0 Å². The van der Waals surface area contributed by atoms with Gasteiger partial charge >= 0.3 is 0 Å². The first-order valence-corrected chi connectivity index (χ1v) is 7.34. The summed E-state index contributed by atoms with van der Waals surface area (Å²) in [7, 11) is 0. The summed E-state index contributed by atoms with van der Waals surface area (Å²) in [5.41, 5.74) is 1.32. The van der Waals surface area contributed by atoms with Crippen LogP contribution in [-0.4, -0.2) is 27.5 Å². The molecule has 20 heavy (non-hydrogen) atoms. The maximum atomic E-state index is 5.99. The SMILES string of the molecule is Clc1cc(N2CCCC[C@H]2Cc2ccncc2)ncn1. The van der Waals surface area contributed by atoms with E-state index in [1.807, 2.05) is 18.5 Å². The van der Waals surface area contributed by atoms with Crippen LogP contribution in [0.5, 0.6) is 0 Å². The van der Waals surface area contributed by atoms with Crippen LogP contribution in [0.2, 0.25) is 5.15 Å². The molecule has 1 saturated heterocycles. The molecule has 2 aromatic heterocycles. The molecule has 0 bridgehead atoms. The van der Waals surface area contributed by atoms with Crippen molar-refractivity contribution in [2.45, 2.75) is 31.7 Å². The van der Waals surface area contributed by atoms with E-state index >= 15 is 0 Å². The minimum Gasteiger partial charge on any atom is -0.353 e. The van der Waals surface area contributed by atoms with Gasteiger partial charge in [-0.15, -0.1) is 0 Å². The summed E-state index contributed by atoms with van der Waals surface area (Å²) in [6, 6.07) is 6.49. The summed E-state index contributed by atoms with van der Waals surface area (Å²) in [5, 5.41) is 0.503. The van der Waals surface area contributed by atoms with Crippen LogP contribution in [0.4, 0.5) is 5.82 Å². The molecule has 1 atom stereocenters. The average Bonchev–Trinajstić information content (AvgIpc) is 2.49. The van der Waals surface area contributed by atoms with Gasteiger partial charge in [-0.2, -0.15) is 0 Å². The van der Waals surface area contributed by atoms with Crippen LogP contribution in [-0.2, 0) is 6.42 Å². The predicted molar refractivity (Wildman–Crippen MR) is 80.0 cm³/mol. The lowest BCUT2D eigenvalue weighted by molar-refractivity contribution is 0.453. The number of halogens is 1. The van der Waals surface area contributed by atoms with Gasteiger partial charge in [-0.1, -0.05) is 11.6 Å². The highest BCUT2D eigenvalue weighted by Crippen LogP contribution is 2.26. The number of pyridine rings is 1. The van der Waals surface area contributed by atoms with E-state index in [1.54, 1.807) is 0 Å². The summed E-state index contributed by atoms with van der Waals surface area (Å²) in [4.78, 5) is 14.8. The Hall–Kier alpha value is -1.68. The van der Waals surface area contributed by atoms with E-state index in [2.05, 4.69) is 32.0 Å². The molecule has 5 heteroatoms. The maximum Gasteiger partial charge on any atom is 0.134 e. The lowest BCUT2D eigenvalue weighted by Gasteiger charge is -2.36. The van der Waals surface area contributed by atoms with Crippen LogP contribution >= 0.6 is 11.6 Å². The van der Waals surface area contributed by atoms with Crippen LogP contribution in [0.3, 0.4) is 0 Å². The van der Waals surface area contributed by atoms with Crippen molar-refractivity contribution in [1.29, 1.82) is 0 Å². The van der Waals surface area contributed by atoms with Crippen molar-refractivity contribution in [3.63, 3.8) is 0 Å². The Morgan fingerprint density at radius 1 is 1.20 bits per heavy atom. The minimum absolute atomic E-state index is 0.470. The van der Waals surface area contributed by atoms with Crippen molar-refractivity contribution in [3.8, 4) is 0 Å². The monoisotopic (exact) mass is 288 g/mol. The van der Waals surface area contributed by atoms with E-state index in [0.717, 1.165) is 18.8 Å². The Kier molecular flexibility index (Phi) is 4.11. The third-order valence-corrected chi connectivity index (χ3v) is 3.97. The zero-order chi connectivity index (χ0) is 13.8. The molecule has 0 aliphatic carbocycles. The fourth-order valence-electron chi connectivity index (χ4n) is 2.79. The second-order valence-corrected chi connectivity index (χ2v) is 5.49. The Morgan fingerprint density at radius 3 is 2.85 bits per heavy atom. The highest BCUT2D eigenvalue weighted by molar-refractivity contribution is 6.29. The molecule has 0 unspecified atom stereocenters. The third kappa shape index (κ3) is 3.07. The molecule has 4 nitrogen and oxygen atoms in total. The quantitative estimate of drug-likeness (QED) is 0.814. The molecule has 0 saturated carbocycles. The zero-order valence-corrected chi connectivity index (χ0v) is 12.0. The lowest BCUT2D eigenvalue weighted by Crippen LogP contribution is -2.41. The van der Waals surface area contributed by atoms with Gasteiger partial charge in [0, 0.05) is 31.0 Å². The molecule has 0 radical (unpaired) electrons. The third-order valence-electron chi connectivity index (χ3n) is 3.76. The van der Waals surface area contributed by atoms with Gasteiger partial charge in [0.2, 0.25) is 0 Å². The fraction of sp³-hybridized carbons (Fsp3) is 0.400. The second kappa shape index (κ2) is 6.18. The van der Waals surface area contributed by atoms with E-state index in [-0.39, 0.29) is 0 Å². The molecule has 0 aromatic carbocycles. The normalized spacial score (nSPS) is 19.1. The molecule has 2 aromatic rings. The molecule has 1 fully saturated rings. The molecule has 104 valence electrons. The number of piperidine rings is 1. The van der Waals surface area contributed by atoms with Crippen LogP contribution in [0.1, 0.15) is 24.8 Å². The Morgan fingerprint density at radius 2 is 2.05 bits per heavy atom. The van der Waals surface area contributed by atoms with E-state index in [4.69, 9.17) is 11.6 Å². The van der Waals surface area contributed by atoms with Gasteiger partial charge in [-0.05, 0) is 43.4 Å². The molecule has 1 aliphatic rings. The van der Waals surface area contributed by atoms with E-state index < -0.39 is 0 Å². The van der Waals surface area contributed by atoms with Crippen LogP contribution < -0.4 is 4.90 Å². The van der Waals surface area contributed by atoms with Crippen LogP contribution in [0.15, 0.2) is 36.9 Å². The first kappa shape index (κ1) is 13.3. The van der Waals surface area contributed by atoms with Crippen molar-refractivity contribution in [3.05, 3.63) is 47.6 Å². The van der Waals surface area contributed by atoms with Gasteiger partial charge in [0.25, 0.3) is 0 Å². The molecule has 0 amide bonds. The number of nitrogens with zero attached hydrogens (tertiary/aromatic N) is 4. The van der Waals surface area contributed by atoms with Gasteiger partial charge in [0.1, 0.15) is 17.3 Å². The molecule has 1 aliphatic heterocycles. The summed E-state index contributed by atoms with van der Waals surface area (Å²) >= 11 is 5.99. The van der Waals surface area contributed by atoms with E-state index in [1.165, 1.54) is 31.2 Å². The topological polar surface area (TPSA) is 41.9 Å². The van der Waals surface area contributed by atoms with Crippen molar-refractivity contribution in [2.24, 2.45) is 0 Å². The number of hydrogen-bond acceptors (Lipinski definition) is 4. The smallest absolute Gasteiger partial charge is 0.134 e. The molecule has 0 spiro atoms. The first-order chi connectivity index (χ1) is 9.83.